The Bertz CT molecular complexity index is 318. The molecule has 2 fully saturated rings. The molecule has 0 spiro atoms. The van der Waals surface area contributed by atoms with Crippen LogP contribution in [0.25, 0.3) is 0 Å². The number of alkyl halides is 3. The Kier molecular flexibility index (Phi) is 3.58. The fourth-order valence-electron chi connectivity index (χ4n) is 3.03. The van der Waals surface area contributed by atoms with Crippen LogP contribution in [0.5, 0.6) is 0 Å². The Labute approximate surface area is 105 Å². The molecule has 3 nitrogen and oxygen atoms in total. The van der Waals surface area contributed by atoms with Gasteiger partial charge in [0.1, 0.15) is 0 Å². The van der Waals surface area contributed by atoms with Crippen LogP contribution in [-0.2, 0) is 4.79 Å². The Morgan fingerprint density at radius 3 is 2.17 bits per heavy atom. The third-order valence-electron chi connectivity index (χ3n) is 4.20. The van der Waals surface area contributed by atoms with Gasteiger partial charge in [0, 0.05) is 31.2 Å². The molecule has 2 aliphatic heterocycles. The Morgan fingerprint density at radius 1 is 1.28 bits per heavy atom. The van der Waals surface area contributed by atoms with Crippen LogP contribution in [0.3, 0.4) is 0 Å². The van der Waals surface area contributed by atoms with Gasteiger partial charge in [-0.05, 0) is 26.2 Å². The number of hydrogen-bond donors (Lipinski definition) is 0. The van der Waals surface area contributed by atoms with Gasteiger partial charge in [-0.3, -0.25) is 9.69 Å². The number of carbonyl (C=O) groups excluding carboxylic acids is 1. The molecule has 0 aromatic heterocycles. The minimum atomic E-state index is -4.74. The van der Waals surface area contributed by atoms with Gasteiger partial charge in [-0.1, -0.05) is 6.92 Å². The molecule has 3 atom stereocenters. The first-order valence-corrected chi connectivity index (χ1v) is 6.48. The summed E-state index contributed by atoms with van der Waals surface area (Å²) in [5, 5.41) is 0. The van der Waals surface area contributed by atoms with E-state index in [0.717, 1.165) is 11.3 Å². The molecule has 2 saturated heterocycles. The smallest absolute Gasteiger partial charge is 0.326 e. The molecule has 2 aliphatic rings. The molecule has 2 heterocycles. The van der Waals surface area contributed by atoms with Crippen molar-refractivity contribution in [3.8, 4) is 0 Å². The molecule has 0 radical (unpaired) electrons. The lowest BCUT2D eigenvalue weighted by atomic mass is 10.1. The summed E-state index contributed by atoms with van der Waals surface area (Å²) in [6.07, 6.45) is -2.37. The minimum Gasteiger partial charge on any atom is -0.326 e. The van der Waals surface area contributed by atoms with E-state index >= 15 is 0 Å². The average molecular weight is 264 g/mol. The topological polar surface area (TPSA) is 23.6 Å². The second-order valence-electron chi connectivity index (χ2n) is 5.31. The van der Waals surface area contributed by atoms with Crippen LogP contribution in [-0.4, -0.2) is 53.1 Å². The summed E-state index contributed by atoms with van der Waals surface area (Å²) in [5.41, 5.74) is 0. The first kappa shape index (κ1) is 13.6. The van der Waals surface area contributed by atoms with E-state index in [1.807, 2.05) is 0 Å². The SMILES string of the molecule is CCC(C)N1CC2CCC(C1)N2C(=O)C(F)(F)F. The summed E-state index contributed by atoms with van der Waals surface area (Å²) in [6.45, 7) is 5.31. The van der Waals surface area contributed by atoms with Crippen molar-refractivity contribution in [1.82, 2.24) is 9.80 Å². The third-order valence-corrected chi connectivity index (χ3v) is 4.20. The van der Waals surface area contributed by atoms with Crippen LogP contribution in [0.4, 0.5) is 13.2 Å². The van der Waals surface area contributed by atoms with Crippen LogP contribution in [0.1, 0.15) is 33.1 Å². The lowest BCUT2D eigenvalue weighted by Crippen LogP contribution is -2.60. The van der Waals surface area contributed by atoms with E-state index in [2.05, 4.69) is 18.7 Å². The second-order valence-corrected chi connectivity index (χ2v) is 5.31. The highest BCUT2D eigenvalue weighted by Gasteiger charge is 2.51. The fourth-order valence-corrected chi connectivity index (χ4v) is 3.03. The van der Waals surface area contributed by atoms with Gasteiger partial charge < -0.3 is 4.90 Å². The van der Waals surface area contributed by atoms with Crippen molar-refractivity contribution in [2.24, 2.45) is 0 Å². The zero-order chi connectivity index (χ0) is 13.5. The number of halogens is 3. The molecule has 0 aromatic rings. The lowest BCUT2D eigenvalue weighted by Gasteiger charge is -2.43. The van der Waals surface area contributed by atoms with E-state index in [0.29, 0.717) is 32.0 Å². The molecule has 2 bridgehead atoms. The first-order chi connectivity index (χ1) is 8.34. The number of fused-ring (bicyclic) bond motifs is 2. The van der Waals surface area contributed by atoms with E-state index in [1.54, 1.807) is 0 Å². The number of carbonyl (C=O) groups is 1. The second kappa shape index (κ2) is 4.72. The number of likely N-dealkylation sites (tertiary alicyclic amines) is 1. The van der Waals surface area contributed by atoms with Gasteiger partial charge in [0.15, 0.2) is 0 Å². The summed E-state index contributed by atoms with van der Waals surface area (Å²) in [7, 11) is 0. The fraction of sp³-hybridized carbons (Fsp3) is 0.917. The summed E-state index contributed by atoms with van der Waals surface area (Å²) >= 11 is 0. The van der Waals surface area contributed by atoms with Crippen molar-refractivity contribution in [2.75, 3.05) is 13.1 Å². The number of hydrogen-bond acceptors (Lipinski definition) is 2. The average Bonchev–Trinajstić information content (AvgIpc) is 2.55. The van der Waals surface area contributed by atoms with E-state index in [4.69, 9.17) is 0 Å². The van der Waals surface area contributed by atoms with Gasteiger partial charge in [0.2, 0.25) is 0 Å². The highest BCUT2D eigenvalue weighted by Crippen LogP contribution is 2.34. The number of nitrogens with zero attached hydrogens (tertiary/aromatic N) is 2. The lowest BCUT2D eigenvalue weighted by molar-refractivity contribution is -0.191. The largest absolute Gasteiger partial charge is 0.471 e. The third kappa shape index (κ3) is 2.35. The number of piperazine rings is 1. The van der Waals surface area contributed by atoms with Crippen LogP contribution < -0.4 is 0 Å². The summed E-state index contributed by atoms with van der Waals surface area (Å²) in [6, 6.07) is -0.144. The molecular weight excluding hydrogens is 245 g/mol. The van der Waals surface area contributed by atoms with Crippen molar-refractivity contribution >= 4 is 5.91 Å². The molecular formula is C12H19F3N2O. The molecule has 104 valence electrons. The van der Waals surface area contributed by atoms with Crippen LogP contribution in [0.15, 0.2) is 0 Å². The van der Waals surface area contributed by atoms with Gasteiger partial charge >= 0.3 is 12.1 Å². The zero-order valence-corrected chi connectivity index (χ0v) is 10.7. The van der Waals surface area contributed by atoms with Crippen LogP contribution in [0.2, 0.25) is 0 Å². The Balaban J connectivity index is 2.09. The van der Waals surface area contributed by atoms with Crippen molar-refractivity contribution in [3.63, 3.8) is 0 Å². The van der Waals surface area contributed by atoms with E-state index in [9.17, 15) is 18.0 Å². The van der Waals surface area contributed by atoms with Gasteiger partial charge in [0.05, 0.1) is 0 Å². The van der Waals surface area contributed by atoms with Gasteiger partial charge in [0.25, 0.3) is 0 Å². The summed E-state index contributed by atoms with van der Waals surface area (Å²) in [5.74, 6) is -1.65. The molecule has 18 heavy (non-hydrogen) atoms. The predicted octanol–water partition coefficient (Wildman–Crippen LogP) is 2.02. The molecule has 2 rings (SSSR count). The number of rotatable bonds is 2. The van der Waals surface area contributed by atoms with Crippen molar-refractivity contribution < 1.29 is 18.0 Å². The maximum atomic E-state index is 12.5. The van der Waals surface area contributed by atoms with E-state index < -0.39 is 12.1 Å². The van der Waals surface area contributed by atoms with Crippen molar-refractivity contribution in [2.45, 2.75) is 57.4 Å². The standard InChI is InChI=1S/C12H19F3N2O/c1-3-8(2)16-6-9-4-5-10(7-16)17(9)11(18)12(13,14)15/h8-10H,3-7H2,1-2H3. The molecule has 6 heteroatoms. The quantitative estimate of drug-likeness (QED) is 0.762. The summed E-state index contributed by atoms with van der Waals surface area (Å²) in [4.78, 5) is 14.7. The first-order valence-electron chi connectivity index (χ1n) is 6.48. The Morgan fingerprint density at radius 2 is 1.78 bits per heavy atom. The monoisotopic (exact) mass is 264 g/mol. The molecule has 3 unspecified atom stereocenters. The predicted molar refractivity (Wildman–Crippen MR) is 61.0 cm³/mol. The van der Waals surface area contributed by atoms with Crippen LogP contribution >= 0.6 is 0 Å². The number of amides is 1. The van der Waals surface area contributed by atoms with E-state index in [1.165, 1.54) is 0 Å². The highest BCUT2D eigenvalue weighted by atomic mass is 19.4. The summed E-state index contributed by atoms with van der Waals surface area (Å²) < 4.78 is 37.6. The zero-order valence-electron chi connectivity index (χ0n) is 10.7. The molecule has 0 aliphatic carbocycles. The van der Waals surface area contributed by atoms with Gasteiger partial charge in [-0.25, -0.2) is 0 Å². The molecule has 0 saturated carbocycles. The maximum absolute atomic E-state index is 12.5. The van der Waals surface area contributed by atoms with E-state index in [-0.39, 0.29) is 12.1 Å². The normalized spacial score (nSPS) is 30.6. The Hall–Kier alpha value is -0.780. The van der Waals surface area contributed by atoms with Crippen molar-refractivity contribution in [1.29, 1.82) is 0 Å². The molecule has 0 aromatic carbocycles. The maximum Gasteiger partial charge on any atom is 0.471 e. The van der Waals surface area contributed by atoms with Gasteiger partial charge in [-0.2, -0.15) is 13.2 Å². The van der Waals surface area contributed by atoms with Gasteiger partial charge in [-0.15, -0.1) is 0 Å². The minimum absolute atomic E-state index is 0.258. The van der Waals surface area contributed by atoms with Crippen LogP contribution in [0, 0.1) is 0 Å². The molecule has 1 amide bonds. The highest BCUT2D eigenvalue weighted by molar-refractivity contribution is 5.83. The van der Waals surface area contributed by atoms with Crippen molar-refractivity contribution in [3.05, 3.63) is 0 Å². The molecule has 0 N–H and O–H groups in total.